The predicted octanol–water partition coefficient (Wildman–Crippen LogP) is 4.06. The molecule has 0 saturated heterocycles. The van der Waals surface area contributed by atoms with Gasteiger partial charge in [-0.1, -0.05) is 47.6 Å². The highest BCUT2D eigenvalue weighted by atomic mass is 32.2. The van der Waals surface area contributed by atoms with Crippen LogP contribution in [0.2, 0.25) is 0 Å². The Morgan fingerprint density at radius 2 is 1.70 bits per heavy atom. The molecule has 9 nitrogen and oxygen atoms in total. The van der Waals surface area contributed by atoms with Gasteiger partial charge < -0.3 is 19.9 Å². The summed E-state index contributed by atoms with van der Waals surface area (Å²) in [6, 6.07) is 14.5. The second kappa shape index (κ2) is 12.7. The minimum atomic E-state index is -4.12. The Morgan fingerprint density at radius 1 is 1.08 bits per heavy atom. The van der Waals surface area contributed by atoms with Crippen LogP contribution in [0, 0.1) is 0 Å². The SMILES string of the molecule is COc1ccc(S(=O)(=O)N(CC(O)[C@H](Cc2ccccc2)NC(=O)OC(C)(C)C)OC2CCCC2)cc1. The molecule has 1 saturated carbocycles. The van der Waals surface area contributed by atoms with Crippen molar-refractivity contribution in [3.8, 4) is 5.75 Å². The summed E-state index contributed by atoms with van der Waals surface area (Å²) in [5.74, 6) is 0.520. The maximum Gasteiger partial charge on any atom is 0.407 e. The van der Waals surface area contributed by atoms with E-state index in [0.717, 1.165) is 35.7 Å². The topological polar surface area (TPSA) is 114 Å². The Hall–Kier alpha value is -2.66. The number of hydrogen-bond donors (Lipinski definition) is 2. The highest BCUT2D eigenvalue weighted by molar-refractivity contribution is 7.89. The van der Waals surface area contributed by atoms with Crippen molar-refractivity contribution in [3.05, 3.63) is 60.2 Å². The van der Waals surface area contributed by atoms with E-state index < -0.39 is 33.9 Å². The smallest absolute Gasteiger partial charge is 0.407 e. The number of alkyl carbamates (subject to hydrolysis) is 1. The quantitative estimate of drug-likeness (QED) is 0.418. The molecular weight excluding hydrogens is 496 g/mol. The molecule has 0 radical (unpaired) electrons. The van der Waals surface area contributed by atoms with Crippen molar-refractivity contribution < 1.29 is 32.6 Å². The number of carbonyl (C=O) groups is 1. The van der Waals surface area contributed by atoms with Gasteiger partial charge in [-0.3, -0.25) is 4.84 Å². The molecule has 1 aliphatic carbocycles. The van der Waals surface area contributed by atoms with Crippen LogP contribution < -0.4 is 10.1 Å². The van der Waals surface area contributed by atoms with Gasteiger partial charge in [0.25, 0.3) is 10.0 Å². The molecule has 0 aliphatic heterocycles. The molecule has 0 heterocycles. The van der Waals surface area contributed by atoms with Gasteiger partial charge in [-0.2, -0.15) is 0 Å². The maximum absolute atomic E-state index is 13.6. The number of aliphatic hydroxyl groups excluding tert-OH is 1. The van der Waals surface area contributed by atoms with E-state index in [1.807, 2.05) is 30.3 Å². The fourth-order valence-corrected chi connectivity index (χ4v) is 5.41. The average Bonchev–Trinajstić information content (AvgIpc) is 3.36. The van der Waals surface area contributed by atoms with Crippen molar-refractivity contribution in [2.24, 2.45) is 0 Å². The maximum atomic E-state index is 13.6. The van der Waals surface area contributed by atoms with Gasteiger partial charge in [-0.25, -0.2) is 13.2 Å². The lowest BCUT2D eigenvalue weighted by atomic mass is 10.0. The van der Waals surface area contributed by atoms with Gasteiger partial charge in [-0.15, -0.1) is 0 Å². The molecule has 2 N–H and O–H groups in total. The first-order chi connectivity index (χ1) is 17.5. The normalized spacial score (nSPS) is 16.4. The molecule has 1 unspecified atom stereocenters. The zero-order valence-corrected chi connectivity index (χ0v) is 22.7. The number of methoxy groups -OCH3 is 1. The van der Waals surface area contributed by atoms with E-state index in [1.165, 1.54) is 19.2 Å². The number of hydroxylamine groups is 1. The van der Waals surface area contributed by atoms with E-state index in [2.05, 4.69) is 5.32 Å². The van der Waals surface area contributed by atoms with Gasteiger partial charge >= 0.3 is 6.09 Å². The molecule has 1 amide bonds. The van der Waals surface area contributed by atoms with Gasteiger partial charge in [-0.05, 0) is 69.9 Å². The second-order valence-electron chi connectivity index (χ2n) is 10.2. The Kier molecular flexibility index (Phi) is 9.94. The summed E-state index contributed by atoms with van der Waals surface area (Å²) in [6.45, 7) is 4.85. The summed E-state index contributed by atoms with van der Waals surface area (Å²) in [5.41, 5.74) is 0.130. The summed E-state index contributed by atoms with van der Waals surface area (Å²) in [5, 5.41) is 14.0. The third kappa shape index (κ3) is 8.70. The number of amides is 1. The van der Waals surface area contributed by atoms with E-state index in [0.29, 0.717) is 5.75 Å². The first-order valence-electron chi connectivity index (χ1n) is 12.5. The monoisotopic (exact) mass is 534 g/mol. The molecule has 0 aromatic heterocycles. The lowest BCUT2D eigenvalue weighted by Crippen LogP contribution is -2.51. The standard InChI is InChI=1S/C27H38N2O7S/c1-27(2,3)35-26(31)28-24(18-20-10-6-5-7-11-20)25(30)19-29(36-22-12-8-9-13-22)37(32,33)23-16-14-21(34-4)15-17-23/h5-7,10-11,14-17,22,24-25,30H,8-9,12-13,18-19H2,1-4H3,(H,28,31)/t24-,25?/m0/s1. The minimum Gasteiger partial charge on any atom is -0.497 e. The van der Waals surface area contributed by atoms with E-state index in [9.17, 15) is 18.3 Å². The van der Waals surface area contributed by atoms with Crippen LogP contribution in [0.1, 0.15) is 52.0 Å². The zero-order chi connectivity index (χ0) is 27.1. The van der Waals surface area contributed by atoms with Crippen molar-refractivity contribution in [1.29, 1.82) is 0 Å². The molecule has 204 valence electrons. The number of nitrogens with one attached hydrogen (secondary N) is 1. The van der Waals surface area contributed by atoms with E-state index >= 15 is 0 Å². The van der Waals surface area contributed by atoms with E-state index in [-0.39, 0.29) is 24.0 Å². The molecule has 2 aromatic carbocycles. The summed E-state index contributed by atoms with van der Waals surface area (Å²) in [6.07, 6.45) is 1.35. The van der Waals surface area contributed by atoms with Crippen LogP contribution in [0.4, 0.5) is 4.79 Å². The lowest BCUT2D eigenvalue weighted by molar-refractivity contribution is -0.145. The number of carbonyl (C=O) groups excluding carboxylic acids is 1. The third-order valence-electron chi connectivity index (χ3n) is 6.00. The predicted molar refractivity (Wildman–Crippen MR) is 140 cm³/mol. The first kappa shape index (κ1) is 28.9. The van der Waals surface area contributed by atoms with Crippen molar-refractivity contribution in [1.82, 2.24) is 9.79 Å². The number of benzene rings is 2. The Bertz CT molecular complexity index is 1100. The van der Waals surface area contributed by atoms with Gasteiger partial charge in [0, 0.05) is 0 Å². The molecule has 37 heavy (non-hydrogen) atoms. The number of sulfonamides is 1. The third-order valence-corrected chi connectivity index (χ3v) is 7.63. The number of rotatable bonds is 11. The average molecular weight is 535 g/mol. The number of nitrogens with zero attached hydrogens (tertiary/aromatic N) is 1. The van der Waals surface area contributed by atoms with Crippen LogP contribution in [0.25, 0.3) is 0 Å². The molecule has 3 rings (SSSR count). The Labute approximate surface area is 219 Å². The number of ether oxygens (including phenoxy) is 2. The van der Waals surface area contributed by atoms with Crippen LogP contribution >= 0.6 is 0 Å². The number of hydrogen-bond acceptors (Lipinski definition) is 7. The van der Waals surface area contributed by atoms with Crippen LogP contribution in [-0.2, 0) is 26.0 Å². The van der Waals surface area contributed by atoms with Crippen LogP contribution in [-0.4, -0.2) is 61.6 Å². The molecule has 2 atom stereocenters. The van der Waals surface area contributed by atoms with Crippen molar-refractivity contribution in [2.75, 3.05) is 13.7 Å². The summed E-state index contributed by atoms with van der Waals surface area (Å²) >= 11 is 0. The molecule has 2 aromatic rings. The van der Waals surface area contributed by atoms with Crippen LogP contribution in [0.3, 0.4) is 0 Å². The summed E-state index contributed by atoms with van der Waals surface area (Å²) in [7, 11) is -2.62. The lowest BCUT2D eigenvalue weighted by Gasteiger charge is -2.31. The van der Waals surface area contributed by atoms with Crippen LogP contribution in [0.5, 0.6) is 5.75 Å². The minimum absolute atomic E-state index is 0.0122. The largest absolute Gasteiger partial charge is 0.497 e. The van der Waals surface area contributed by atoms with Crippen molar-refractivity contribution in [3.63, 3.8) is 0 Å². The highest BCUT2D eigenvalue weighted by Crippen LogP contribution is 2.27. The molecule has 1 fully saturated rings. The Balaban J connectivity index is 1.86. The molecular formula is C27H38N2O7S. The fourth-order valence-electron chi connectivity index (χ4n) is 4.11. The molecule has 0 spiro atoms. The summed E-state index contributed by atoms with van der Waals surface area (Å²) < 4.78 is 38.6. The highest BCUT2D eigenvalue weighted by Gasteiger charge is 2.35. The second-order valence-corrected chi connectivity index (χ2v) is 12.0. The summed E-state index contributed by atoms with van der Waals surface area (Å²) in [4.78, 5) is 18.6. The van der Waals surface area contributed by atoms with E-state index in [4.69, 9.17) is 14.3 Å². The van der Waals surface area contributed by atoms with Gasteiger partial charge in [0.1, 0.15) is 11.4 Å². The van der Waals surface area contributed by atoms with Crippen LogP contribution in [0.15, 0.2) is 59.5 Å². The fraction of sp³-hybridized carbons (Fsp3) is 0.519. The van der Waals surface area contributed by atoms with Gasteiger partial charge in [0.05, 0.1) is 36.8 Å². The van der Waals surface area contributed by atoms with Crippen molar-refractivity contribution in [2.45, 2.75) is 81.6 Å². The van der Waals surface area contributed by atoms with E-state index in [1.54, 1.807) is 32.9 Å². The van der Waals surface area contributed by atoms with Gasteiger partial charge in [0.2, 0.25) is 0 Å². The first-order valence-corrected chi connectivity index (χ1v) is 14.0. The zero-order valence-electron chi connectivity index (χ0n) is 21.9. The Morgan fingerprint density at radius 3 is 2.27 bits per heavy atom. The molecule has 10 heteroatoms. The van der Waals surface area contributed by atoms with Crippen molar-refractivity contribution >= 4 is 16.1 Å². The number of aliphatic hydroxyl groups is 1. The van der Waals surface area contributed by atoms with Gasteiger partial charge in [0.15, 0.2) is 0 Å². The molecule has 1 aliphatic rings. The molecule has 0 bridgehead atoms.